The smallest absolute Gasteiger partial charge is 0.306 e. The van der Waals surface area contributed by atoms with Crippen molar-refractivity contribution < 1.29 is 18.7 Å². The SMILES string of the molecule is CCOC(=O)CCC(=O)CN(C)c1cccc(F)c1. The molecule has 4 nitrogen and oxygen atoms in total. The highest BCUT2D eigenvalue weighted by atomic mass is 19.1. The number of likely N-dealkylation sites (N-methyl/N-ethyl adjacent to an activating group) is 1. The van der Waals surface area contributed by atoms with E-state index in [0.717, 1.165) is 0 Å². The average Bonchev–Trinajstić information content (AvgIpc) is 2.36. The Morgan fingerprint density at radius 3 is 2.68 bits per heavy atom. The minimum Gasteiger partial charge on any atom is -0.466 e. The molecule has 0 aliphatic carbocycles. The van der Waals surface area contributed by atoms with E-state index in [4.69, 9.17) is 4.74 Å². The molecule has 1 aromatic carbocycles. The second kappa shape index (κ2) is 7.51. The van der Waals surface area contributed by atoms with Crippen LogP contribution in [0.5, 0.6) is 0 Å². The van der Waals surface area contributed by atoms with Crippen molar-refractivity contribution in [2.24, 2.45) is 0 Å². The molecule has 1 rings (SSSR count). The average molecular weight is 267 g/mol. The fourth-order valence-electron chi connectivity index (χ4n) is 1.62. The zero-order valence-electron chi connectivity index (χ0n) is 11.2. The van der Waals surface area contributed by atoms with Crippen LogP contribution in [-0.2, 0) is 14.3 Å². The van der Waals surface area contributed by atoms with E-state index in [1.54, 1.807) is 31.0 Å². The molecule has 0 radical (unpaired) electrons. The highest BCUT2D eigenvalue weighted by Gasteiger charge is 2.11. The molecule has 0 saturated heterocycles. The van der Waals surface area contributed by atoms with Crippen molar-refractivity contribution >= 4 is 17.4 Å². The van der Waals surface area contributed by atoms with E-state index in [0.29, 0.717) is 12.3 Å². The zero-order valence-corrected chi connectivity index (χ0v) is 11.2. The third kappa shape index (κ3) is 5.50. The molecular weight excluding hydrogens is 249 g/mol. The molecule has 0 amide bonds. The summed E-state index contributed by atoms with van der Waals surface area (Å²) in [5, 5.41) is 0. The zero-order chi connectivity index (χ0) is 14.3. The van der Waals surface area contributed by atoms with Gasteiger partial charge in [-0.25, -0.2) is 4.39 Å². The second-order valence-electron chi connectivity index (χ2n) is 4.18. The van der Waals surface area contributed by atoms with Crippen molar-refractivity contribution in [3.05, 3.63) is 30.1 Å². The monoisotopic (exact) mass is 267 g/mol. The number of carbonyl (C=O) groups is 2. The predicted molar refractivity (Wildman–Crippen MR) is 70.5 cm³/mol. The maximum atomic E-state index is 13.0. The van der Waals surface area contributed by atoms with Gasteiger partial charge < -0.3 is 9.64 Å². The standard InChI is InChI=1S/C14H18FNO3/c1-3-19-14(18)8-7-13(17)10-16(2)12-6-4-5-11(15)9-12/h4-6,9H,3,7-8,10H2,1-2H3. The largest absolute Gasteiger partial charge is 0.466 e. The predicted octanol–water partition coefficient (Wildman–Crippen LogP) is 2.17. The summed E-state index contributed by atoms with van der Waals surface area (Å²) in [6, 6.07) is 6.02. The first-order valence-corrected chi connectivity index (χ1v) is 6.17. The first-order chi connectivity index (χ1) is 9.02. The summed E-state index contributed by atoms with van der Waals surface area (Å²) in [5.41, 5.74) is 0.629. The van der Waals surface area contributed by atoms with Crippen LogP contribution in [0.2, 0.25) is 0 Å². The van der Waals surface area contributed by atoms with Crippen LogP contribution in [0, 0.1) is 5.82 Å². The second-order valence-corrected chi connectivity index (χ2v) is 4.18. The number of carbonyl (C=O) groups excluding carboxylic acids is 2. The van der Waals surface area contributed by atoms with Crippen molar-refractivity contribution in [1.29, 1.82) is 0 Å². The summed E-state index contributed by atoms with van der Waals surface area (Å²) in [5.74, 6) is -0.799. The van der Waals surface area contributed by atoms with Gasteiger partial charge in [-0.1, -0.05) is 6.07 Å². The van der Waals surface area contributed by atoms with E-state index < -0.39 is 0 Å². The van der Waals surface area contributed by atoms with Gasteiger partial charge in [-0.2, -0.15) is 0 Å². The number of esters is 1. The summed E-state index contributed by atoms with van der Waals surface area (Å²) >= 11 is 0. The van der Waals surface area contributed by atoms with Gasteiger partial charge in [0.2, 0.25) is 0 Å². The van der Waals surface area contributed by atoms with Gasteiger partial charge in [0.15, 0.2) is 5.78 Å². The Labute approximate surface area is 112 Å². The summed E-state index contributed by atoms with van der Waals surface area (Å²) in [6.07, 6.45) is 0.224. The summed E-state index contributed by atoms with van der Waals surface area (Å²) in [7, 11) is 1.71. The van der Waals surface area contributed by atoms with Crippen LogP contribution in [0.25, 0.3) is 0 Å². The van der Waals surface area contributed by atoms with Crippen LogP contribution < -0.4 is 4.90 Å². The van der Waals surface area contributed by atoms with Crippen LogP contribution in [0.3, 0.4) is 0 Å². The van der Waals surface area contributed by atoms with Gasteiger partial charge in [0.05, 0.1) is 19.6 Å². The van der Waals surface area contributed by atoms with Gasteiger partial charge >= 0.3 is 5.97 Å². The Kier molecular flexibility index (Phi) is 5.99. The number of nitrogens with zero attached hydrogens (tertiary/aromatic N) is 1. The van der Waals surface area contributed by atoms with Crippen molar-refractivity contribution in [2.75, 3.05) is 25.1 Å². The number of ether oxygens (including phenoxy) is 1. The lowest BCUT2D eigenvalue weighted by molar-refractivity contribution is -0.144. The summed E-state index contributed by atoms with van der Waals surface area (Å²) in [4.78, 5) is 24.4. The number of rotatable bonds is 7. The van der Waals surface area contributed by atoms with Gasteiger partial charge in [0.1, 0.15) is 5.82 Å². The van der Waals surface area contributed by atoms with Crippen molar-refractivity contribution in [3.63, 3.8) is 0 Å². The van der Waals surface area contributed by atoms with E-state index in [2.05, 4.69) is 0 Å². The lowest BCUT2D eigenvalue weighted by atomic mass is 10.2. The molecule has 0 unspecified atom stereocenters. The van der Waals surface area contributed by atoms with Gasteiger partial charge in [0.25, 0.3) is 0 Å². The van der Waals surface area contributed by atoms with Crippen LogP contribution in [0.15, 0.2) is 24.3 Å². The van der Waals surface area contributed by atoms with Crippen molar-refractivity contribution in [1.82, 2.24) is 0 Å². The Morgan fingerprint density at radius 2 is 2.05 bits per heavy atom. The van der Waals surface area contributed by atoms with Crippen LogP contribution in [0.4, 0.5) is 10.1 Å². The molecule has 0 heterocycles. The molecule has 0 aromatic heterocycles. The molecule has 0 bridgehead atoms. The Bertz CT molecular complexity index is 448. The number of hydrogen-bond donors (Lipinski definition) is 0. The molecule has 0 N–H and O–H groups in total. The molecule has 0 saturated carbocycles. The number of halogens is 1. The number of benzene rings is 1. The molecule has 1 aromatic rings. The first-order valence-electron chi connectivity index (χ1n) is 6.17. The number of anilines is 1. The van der Waals surface area contributed by atoms with Crippen LogP contribution in [0.1, 0.15) is 19.8 Å². The molecule has 104 valence electrons. The molecule has 5 heteroatoms. The summed E-state index contributed by atoms with van der Waals surface area (Å²) < 4.78 is 17.8. The van der Waals surface area contributed by atoms with Gasteiger partial charge in [-0.15, -0.1) is 0 Å². The highest BCUT2D eigenvalue weighted by Crippen LogP contribution is 2.13. The Morgan fingerprint density at radius 1 is 1.32 bits per heavy atom. The molecule has 19 heavy (non-hydrogen) atoms. The lowest BCUT2D eigenvalue weighted by Crippen LogP contribution is -2.26. The van der Waals surface area contributed by atoms with Gasteiger partial charge in [-0.05, 0) is 25.1 Å². The van der Waals surface area contributed by atoms with Gasteiger partial charge in [-0.3, -0.25) is 9.59 Å². The van der Waals surface area contributed by atoms with E-state index in [9.17, 15) is 14.0 Å². The Balaban J connectivity index is 2.42. The molecule has 0 aliphatic rings. The minimum atomic E-state index is -0.371. The highest BCUT2D eigenvalue weighted by molar-refractivity contribution is 5.86. The normalized spacial score (nSPS) is 10.1. The molecule has 0 aliphatic heterocycles. The summed E-state index contributed by atoms with van der Waals surface area (Å²) in [6.45, 7) is 2.18. The molecule has 0 fully saturated rings. The van der Waals surface area contributed by atoms with Crippen molar-refractivity contribution in [3.8, 4) is 0 Å². The molecular formula is C14H18FNO3. The van der Waals surface area contributed by atoms with Crippen LogP contribution in [-0.4, -0.2) is 32.0 Å². The number of hydrogen-bond acceptors (Lipinski definition) is 4. The quantitative estimate of drug-likeness (QED) is 0.710. The maximum absolute atomic E-state index is 13.0. The topological polar surface area (TPSA) is 46.6 Å². The number of ketones is 1. The van der Waals surface area contributed by atoms with Gasteiger partial charge in [0, 0.05) is 19.2 Å². The van der Waals surface area contributed by atoms with E-state index in [-0.39, 0.29) is 37.0 Å². The fraction of sp³-hybridized carbons (Fsp3) is 0.429. The molecule has 0 spiro atoms. The third-order valence-electron chi connectivity index (χ3n) is 2.58. The number of Topliss-reactive ketones (excluding diaryl/α,β-unsaturated/α-hetero) is 1. The van der Waals surface area contributed by atoms with E-state index in [1.807, 2.05) is 0 Å². The lowest BCUT2D eigenvalue weighted by Gasteiger charge is -2.18. The maximum Gasteiger partial charge on any atom is 0.306 e. The third-order valence-corrected chi connectivity index (χ3v) is 2.58. The molecule has 0 atom stereocenters. The Hall–Kier alpha value is -1.91. The van der Waals surface area contributed by atoms with Crippen molar-refractivity contribution in [2.45, 2.75) is 19.8 Å². The van der Waals surface area contributed by atoms with E-state index >= 15 is 0 Å². The fourth-order valence-corrected chi connectivity index (χ4v) is 1.62. The minimum absolute atomic E-state index is 0.0835. The van der Waals surface area contributed by atoms with E-state index in [1.165, 1.54) is 12.1 Å². The van der Waals surface area contributed by atoms with Crippen LogP contribution >= 0.6 is 0 Å². The first kappa shape index (κ1) is 15.1.